The van der Waals surface area contributed by atoms with Crippen LogP contribution >= 0.6 is 0 Å². The first-order valence-corrected chi connectivity index (χ1v) is 14.9. The van der Waals surface area contributed by atoms with Gasteiger partial charge in [0.25, 0.3) is 0 Å². The van der Waals surface area contributed by atoms with Crippen LogP contribution in [0, 0.1) is 5.92 Å². The molecular formula is C30H61NO. The quantitative estimate of drug-likeness (QED) is 0.124. The molecule has 0 spiro atoms. The predicted octanol–water partition coefficient (Wildman–Crippen LogP) is 10.3. The lowest BCUT2D eigenvalue weighted by Crippen LogP contribution is -2.09. The maximum Gasteiger partial charge on any atom is 0.217 e. The van der Waals surface area contributed by atoms with Crippen molar-refractivity contribution in [2.75, 3.05) is 0 Å². The Balaban J connectivity index is 3.02. The van der Waals surface area contributed by atoms with E-state index in [2.05, 4.69) is 13.8 Å². The van der Waals surface area contributed by atoms with Crippen molar-refractivity contribution >= 4 is 5.91 Å². The molecule has 0 aliphatic heterocycles. The molecule has 0 aromatic carbocycles. The lowest BCUT2D eigenvalue weighted by atomic mass is 10.0. The molecule has 2 heteroatoms. The summed E-state index contributed by atoms with van der Waals surface area (Å²) in [6, 6.07) is 0. The van der Waals surface area contributed by atoms with E-state index in [4.69, 9.17) is 5.73 Å². The van der Waals surface area contributed by atoms with E-state index >= 15 is 0 Å². The van der Waals surface area contributed by atoms with Crippen LogP contribution in [0.4, 0.5) is 0 Å². The molecule has 0 aliphatic rings. The Morgan fingerprint density at radius 1 is 0.438 bits per heavy atom. The minimum Gasteiger partial charge on any atom is -0.370 e. The van der Waals surface area contributed by atoms with Crippen molar-refractivity contribution in [2.45, 2.75) is 181 Å². The molecule has 0 aliphatic carbocycles. The highest BCUT2D eigenvalue weighted by Gasteiger charge is 1.98. The standard InChI is InChI=1S/C30H61NO/c1-29(2)27-25-23-21-19-17-15-13-11-9-7-5-3-4-6-8-10-12-14-16-18-20-22-24-26-28-30(31)32/h29H,3-28H2,1-2H3,(H2,31,32). The van der Waals surface area contributed by atoms with Gasteiger partial charge in [-0.15, -0.1) is 0 Å². The van der Waals surface area contributed by atoms with Gasteiger partial charge in [0.15, 0.2) is 0 Å². The van der Waals surface area contributed by atoms with Crippen LogP contribution in [-0.4, -0.2) is 5.91 Å². The second kappa shape index (κ2) is 26.7. The molecule has 0 unspecified atom stereocenters. The van der Waals surface area contributed by atoms with E-state index in [0.29, 0.717) is 6.42 Å². The molecule has 0 saturated heterocycles. The predicted molar refractivity (Wildman–Crippen MR) is 144 cm³/mol. The number of primary amides is 1. The zero-order chi connectivity index (χ0) is 23.5. The van der Waals surface area contributed by atoms with Gasteiger partial charge in [-0.25, -0.2) is 0 Å². The van der Waals surface area contributed by atoms with Gasteiger partial charge in [0.05, 0.1) is 0 Å². The van der Waals surface area contributed by atoms with Crippen LogP contribution in [0.25, 0.3) is 0 Å². The van der Waals surface area contributed by atoms with Gasteiger partial charge in [0.1, 0.15) is 0 Å². The van der Waals surface area contributed by atoms with Crippen molar-refractivity contribution < 1.29 is 4.79 Å². The van der Waals surface area contributed by atoms with E-state index in [0.717, 1.165) is 12.3 Å². The third-order valence-corrected chi connectivity index (χ3v) is 6.95. The summed E-state index contributed by atoms with van der Waals surface area (Å²) in [6.07, 6.45) is 35.8. The Bertz CT molecular complexity index is 366. The Kier molecular flexibility index (Phi) is 26.3. The average Bonchev–Trinajstić information content (AvgIpc) is 2.75. The van der Waals surface area contributed by atoms with Gasteiger partial charge in [0, 0.05) is 6.42 Å². The van der Waals surface area contributed by atoms with E-state index < -0.39 is 0 Å². The lowest BCUT2D eigenvalue weighted by molar-refractivity contribution is -0.118. The van der Waals surface area contributed by atoms with Gasteiger partial charge in [-0.3, -0.25) is 4.79 Å². The summed E-state index contributed by atoms with van der Waals surface area (Å²) in [6.45, 7) is 4.68. The van der Waals surface area contributed by atoms with Gasteiger partial charge >= 0.3 is 0 Å². The monoisotopic (exact) mass is 451 g/mol. The molecule has 1 amide bonds. The summed E-state index contributed by atoms with van der Waals surface area (Å²) in [4.78, 5) is 10.7. The molecule has 0 bridgehead atoms. The van der Waals surface area contributed by atoms with Gasteiger partial charge < -0.3 is 5.73 Å². The summed E-state index contributed by atoms with van der Waals surface area (Å²) in [7, 11) is 0. The van der Waals surface area contributed by atoms with Crippen LogP contribution in [-0.2, 0) is 4.79 Å². The number of amides is 1. The summed E-state index contributed by atoms with van der Waals surface area (Å²) in [5.74, 6) is 0.739. The molecule has 2 N–H and O–H groups in total. The molecule has 0 aromatic rings. The highest BCUT2D eigenvalue weighted by Crippen LogP contribution is 2.16. The Morgan fingerprint density at radius 3 is 0.875 bits per heavy atom. The third-order valence-electron chi connectivity index (χ3n) is 6.95. The summed E-state index contributed by atoms with van der Waals surface area (Å²) >= 11 is 0. The number of rotatable bonds is 27. The molecule has 0 aromatic heterocycles. The Hall–Kier alpha value is -0.530. The van der Waals surface area contributed by atoms with Crippen molar-refractivity contribution in [2.24, 2.45) is 11.7 Å². The van der Waals surface area contributed by atoms with Crippen LogP contribution in [0.5, 0.6) is 0 Å². The number of unbranched alkanes of at least 4 members (excludes halogenated alkanes) is 23. The van der Waals surface area contributed by atoms with Gasteiger partial charge in [-0.2, -0.15) is 0 Å². The number of hydrogen-bond acceptors (Lipinski definition) is 1. The van der Waals surface area contributed by atoms with Gasteiger partial charge in [0.2, 0.25) is 5.91 Å². The van der Waals surface area contributed by atoms with E-state index in [-0.39, 0.29) is 5.91 Å². The smallest absolute Gasteiger partial charge is 0.217 e. The lowest BCUT2D eigenvalue weighted by Gasteiger charge is -2.05. The summed E-state index contributed by atoms with van der Waals surface area (Å²) in [5.41, 5.74) is 5.16. The second-order valence-corrected chi connectivity index (χ2v) is 10.9. The van der Waals surface area contributed by atoms with Crippen LogP contribution in [0.15, 0.2) is 0 Å². The molecule has 2 nitrogen and oxygen atoms in total. The molecule has 0 rings (SSSR count). The first-order chi connectivity index (χ1) is 15.6. The van der Waals surface area contributed by atoms with E-state index in [1.54, 1.807) is 0 Å². The largest absolute Gasteiger partial charge is 0.370 e. The number of carbonyl (C=O) groups excluding carboxylic acids is 1. The molecule has 0 heterocycles. The minimum absolute atomic E-state index is 0.149. The molecule has 0 radical (unpaired) electrons. The minimum atomic E-state index is -0.149. The first-order valence-electron chi connectivity index (χ1n) is 14.9. The molecule has 0 saturated carbocycles. The highest BCUT2D eigenvalue weighted by atomic mass is 16.1. The number of carbonyl (C=O) groups is 1. The van der Waals surface area contributed by atoms with E-state index in [9.17, 15) is 4.79 Å². The number of nitrogens with two attached hydrogens (primary N) is 1. The zero-order valence-corrected chi connectivity index (χ0v) is 22.4. The fourth-order valence-corrected chi connectivity index (χ4v) is 4.74. The van der Waals surface area contributed by atoms with Gasteiger partial charge in [-0.05, 0) is 12.3 Å². The maximum absolute atomic E-state index is 10.7. The maximum atomic E-state index is 10.7. The van der Waals surface area contributed by atoms with Crippen molar-refractivity contribution in [3.63, 3.8) is 0 Å². The van der Waals surface area contributed by atoms with Crippen LogP contribution < -0.4 is 5.73 Å². The van der Waals surface area contributed by atoms with Gasteiger partial charge in [-0.1, -0.05) is 168 Å². The zero-order valence-electron chi connectivity index (χ0n) is 22.4. The van der Waals surface area contributed by atoms with E-state index in [1.165, 1.54) is 154 Å². The normalized spacial score (nSPS) is 11.5. The van der Waals surface area contributed by atoms with Crippen molar-refractivity contribution in [3.8, 4) is 0 Å². The van der Waals surface area contributed by atoms with E-state index in [1.807, 2.05) is 0 Å². The second-order valence-electron chi connectivity index (χ2n) is 10.9. The first kappa shape index (κ1) is 31.5. The summed E-state index contributed by atoms with van der Waals surface area (Å²) < 4.78 is 0. The molecular weight excluding hydrogens is 390 g/mol. The SMILES string of the molecule is CC(C)CCCCCCCCCCCCCCCCCCCCCCCCCCC(N)=O. The topological polar surface area (TPSA) is 43.1 Å². The summed E-state index contributed by atoms with van der Waals surface area (Å²) in [5, 5.41) is 0. The Morgan fingerprint density at radius 2 is 0.656 bits per heavy atom. The molecule has 192 valence electrons. The van der Waals surface area contributed by atoms with Crippen molar-refractivity contribution in [3.05, 3.63) is 0 Å². The van der Waals surface area contributed by atoms with Crippen LogP contribution in [0.3, 0.4) is 0 Å². The average molecular weight is 452 g/mol. The molecule has 0 atom stereocenters. The highest BCUT2D eigenvalue weighted by molar-refractivity contribution is 5.73. The molecule has 32 heavy (non-hydrogen) atoms. The van der Waals surface area contributed by atoms with Crippen LogP contribution in [0.1, 0.15) is 181 Å². The van der Waals surface area contributed by atoms with Crippen molar-refractivity contribution in [1.29, 1.82) is 0 Å². The number of hydrogen-bond donors (Lipinski definition) is 1. The third kappa shape index (κ3) is 29.5. The molecule has 0 fully saturated rings. The Labute approximate surface area is 203 Å². The van der Waals surface area contributed by atoms with Crippen LogP contribution in [0.2, 0.25) is 0 Å². The fraction of sp³-hybridized carbons (Fsp3) is 0.967. The van der Waals surface area contributed by atoms with Crippen molar-refractivity contribution in [1.82, 2.24) is 0 Å². The fourth-order valence-electron chi connectivity index (χ4n) is 4.74.